The van der Waals surface area contributed by atoms with Gasteiger partial charge in [0.1, 0.15) is 11.6 Å². The lowest BCUT2D eigenvalue weighted by Crippen LogP contribution is -2.32. The second-order valence-corrected chi connectivity index (χ2v) is 3.61. The number of rotatable bonds is 4. The fourth-order valence-corrected chi connectivity index (χ4v) is 1.21. The van der Waals surface area contributed by atoms with Gasteiger partial charge in [0.05, 0.1) is 6.61 Å². The van der Waals surface area contributed by atoms with Gasteiger partial charge < -0.3 is 15.8 Å². The molecule has 4 N–H and O–H groups in total. The highest BCUT2D eigenvalue weighted by Crippen LogP contribution is 2.10. The molecule has 7 heteroatoms. The molecule has 0 aliphatic heterocycles. The van der Waals surface area contributed by atoms with Crippen LogP contribution in [0.4, 0.5) is 16.2 Å². The van der Waals surface area contributed by atoms with Crippen molar-refractivity contribution in [1.29, 1.82) is 5.26 Å². The highest BCUT2D eigenvalue weighted by molar-refractivity contribution is 6.05. The van der Waals surface area contributed by atoms with E-state index in [1.165, 1.54) is 6.20 Å². The SMILES string of the molecule is CCOC(=O)NC(=O)/C(C#N)=C/Nc1ccc(N)cc1. The lowest BCUT2D eigenvalue weighted by atomic mass is 10.2. The Morgan fingerprint density at radius 3 is 2.60 bits per heavy atom. The van der Waals surface area contributed by atoms with Crippen molar-refractivity contribution in [3.63, 3.8) is 0 Å². The van der Waals surface area contributed by atoms with Gasteiger partial charge in [-0.05, 0) is 31.2 Å². The largest absolute Gasteiger partial charge is 0.450 e. The highest BCUT2D eigenvalue weighted by Gasteiger charge is 2.13. The number of nitrogens with two attached hydrogens (primary N) is 1. The summed E-state index contributed by atoms with van der Waals surface area (Å²) in [6, 6.07) is 8.39. The predicted octanol–water partition coefficient (Wildman–Crippen LogP) is 1.36. The minimum absolute atomic E-state index is 0.133. The van der Waals surface area contributed by atoms with Crippen LogP contribution >= 0.6 is 0 Å². The quantitative estimate of drug-likeness (QED) is 0.433. The van der Waals surface area contributed by atoms with Crippen molar-refractivity contribution in [2.24, 2.45) is 0 Å². The smallest absolute Gasteiger partial charge is 0.414 e. The van der Waals surface area contributed by atoms with E-state index in [0.29, 0.717) is 11.4 Å². The topological polar surface area (TPSA) is 117 Å². The van der Waals surface area contributed by atoms with Crippen LogP contribution in [0.1, 0.15) is 6.92 Å². The van der Waals surface area contributed by atoms with Crippen molar-refractivity contribution >= 4 is 23.4 Å². The number of alkyl carbamates (subject to hydrolysis) is 1. The van der Waals surface area contributed by atoms with Crippen LogP contribution in [0.3, 0.4) is 0 Å². The molecule has 1 rings (SSSR count). The number of imide groups is 1. The number of nitriles is 1. The molecule has 0 unspecified atom stereocenters. The molecule has 0 spiro atoms. The second kappa shape index (κ2) is 7.43. The number of nitrogen functional groups attached to an aromatic ring is 1. The molecule has 0 aliphatic carbocycles. The first-order valence-electron chi connectivity index (χ1n) is 5.77. The van der Waals surface area contributed by atoms with Gasteiger partial charge in [-0.3, -0.25) is 10.1 Å². The standard InChI is InChI=1S/C13H14N4O3/c1-2-20-13(19)17-12(18)9(7-14)8-16-11-5-3-10(15)4-6-11/h3-6,8,16H,2,15H2,1H3,(H,17,18,19)/b9-8+. The molecule has 0 radical (unpaired) electrons. The van der Waals surface area contributed by atoms with Crippen molar-refractivity contribution in [3.8, 4) is 6.07 Å². The summed E-state index contributed by atoms with van der Waals surface area (Å²) in [7, 11) is 0. The molecule has 0 bridgehead atoms. The first-order valence-corrected chi connectivity index (χ1v) is 5.77. The van der Waals surface area contributed by atoms with Gasteiger partial charge in [0.15, 0.2) is 0 Å². The van der Waals surface area contributed by atoms with Gasteiger partial charge in [-0.2, -0.15) is 5.26 Å². The highest BCUT2D eigenvalue weighted by atomic mass is 16.5. The molecule has 2 amide bonds. The van der Waals surface area contributed by atoms with Gasteiger partial charge in [0.2, 0.25) is 0 Å². The molecule has 1 aromatic carbocycles. The van der Waals surface area contributed by atoms with Crippen molar-refractivity contribution in [2.45, 2.75) is 6.92 Å². The Hall–Kier alpha value is -3.01. The van der Waals surface area contributed by atoms with E-state index in [2.05, 4.69) is 10.1 Å². The van der Waals surface area contributed by atoms with Crippen LogP contribution in [-0.4, -0.2) is 18.6 Å². The zero-order valence-electron chi connectivity index (χ0n) is 10.8. The summed E-state index contributed by atoms with van der Waals surface area (Å²) < 4.78 is 4.54. The van der Waals surface area contributed by atoms with Gasteiger partial charge in [-0.1, -0.05) is 0 Å². The number of benzene rings is 1. The lowest BCUT2D eigenvalue weighted by molar-refractivity contribution is -0.116. The third-order valence-electron chi connectivity index (χ3n) is 2.15. The number of carbonyl (C=O) groups is 2. The van der Waals surface area contributed by atoms with E-state index in [1.54, 1.807) is 37.3 Å². The van der Waals surface area contributed by atoms with Crippen molar-refractivity contribution < 1.29 is 14.3 Å². The summed E-state index contributed by atoms with van der Waals surface area (Å²) in [4.78, 5) is 22.6. The Morgan fingerprint density at radius 2 is 2.05 bits per heavy atom. The first-order chi connectivity index (χ1) is 9.56. The van der Waals surface area contributed by atoms with Crippen LogP contribution in [0.5, 0.6) is 0 Å². The minimum atomic E-state index is -0.897. The minimum Gasteiger partial charge on any atom is -0.450 e. The van der Waals surface area contributed by atoms with Crippen LogP contribution in [0.2, 0.25) is 0 Å². The van der Waals surface area contributed by atoms with Crippen molar-refractivity contribution in [2.75, 3.05) is 17.7 Å². The molecular weight excluding hydrogens is 260 g/mol. The Labute approximate surface area is 116 Å². The molecule has 0 aromatic heterocycles. The molecule has 0 heterocycles. The Bertz CT molecular complexity index is 558. The maximum Gasteiger partial charge on any atom is 0.414 e. The average Bonchev–Trinajstić information content (AvgIpc) is 2.41. The first kappa shape index (κ1) is 15.0. The summed E-state index contributed by atoms with van der Waals surface area (Å²) in [5, 5.41) is 13.6. The fraction of sp³-hybridized carbons (Fsp3) is 0.154. The van der Waals surface area contributed by atoms with Crippen LogP contribution in [0, 0.1) is 11.3 Å². The molecule has 0 saturated heterocycles. The third kappa shape index (κ3) is 4.70. The summed E-state index contributed by atoms with van der Waals surface area (Å²) >= 11 is 0. The number of nitrogens with one attached hydrogen (secondary N) is 2. The molecule has 0 saturated carbocycles. The van der Waals surface area contributed by atoms with Crippen LogP contribution in [0.15, 0.2) is 36.0 Å². The number of hydrogen-bond acceptors (Lipinski definition) is 6. The van der Waals surface area contributed by atoms with E-state index in [9.17, 15) is 9.59 Å². The van der Waals surface area contributed by atoms with Crippen LogP contribution in [0.25, 0.3) is 0 Å². The van der Waals surface area contributed by atoms with E-state index in [-0.39, 0.29) is 12.2 Å². The van der Waals surface area contributed by atoms with Gasteiger partial charge >= 0.3 is 6.09 Å². The normalized spacial score (nSPS) is 10.3. The molecule has 0 aliphatic rings. The molecule has 1 aromatic rings. The number of nitrogens with zero attached hydrogens (tertiary/aromatic N) is 1. The number of amides is 2. The van der Waals surface area contributed by atoms with Crippen LogP contribution < -0.4 is 16.4 Å². The molecule has 7 nitrogen and oxygen atoms in total. The predicted molar refractivity (Wildman–Crippen MR) is 73.3 cm³/mol. The molecule has 0 atom stereocenters. The van der Waals surface area contributed by atoms with Gasteiger partial charge in [-0.15, -0.1) is 0 Å². The molecule has 104 valence electrons. The van der Waals surface area contributed by atoms with Crippen molar-refractivity contribution in [1.82, 2.24) is 5.32 Å². The van der Waals surface area contributed by atoms with Gasteiger partial charge in [-0.25, -0.2) is 4.79 Å². The average molecular weight is 274 g/mol. The lowest BCUT2D eigenvalue weighted by Gasteiger charge is -2.04. The number of ether oxygens (including phenoxy) is 1. The summed E-state index contributed by atoms with van der Waals surface area (Å²) in [6.45, 7) is 1.74. The van der Waals surface area contributed by atoms with Gasteiger partial charge in [0.25, 0.3) is 5.91 Å². The van der Waals surface area contributed by atoms with Gasteiger partial charge in [0, 0.05) is 17.6 Å². The maximum absolute atomic E-state index is 11.6. The van der Waals surface area contributed by atoms with E-state index in [1.807, 2.05) is 5.32 Å². The zero-order valence-corrected chi connectivity index (χ0v) is 10.8. The summed E-state index contributed by atoms with van der Waals surface area (Å²) in [5.74, 6) is -0.839. The second-order valence-electron chi connectivity index (χ2n) is 3.61. The summed E-state index contributed by atoms with van der Waals surface area (Å²) in [5.41, 5.74) is 6.52. The number of hydrogen-bond donors (Lipinski definition) is 3. The Kier molecular flexibility index (Phi) is 5.59. The maximum atomic E-state index is 11.6. The van der Waals surface area contributed by atoms with E-state index < -0.39 is 12.0 Å². The van der Waals surface area contributed by atoms with E-state index >= 15 is 0 Å². The zero-order chi connectivity index (χ0) is 15.0. The van der Waals surface area contributed by atoms with Crippen molar-refractivity contribution in [3.05, 3.63) is 36.0 Å². The summed E-state index contributed by atoms with van der Waals surface area (Å²) in [6.07, 6.45) is 0.297. The monoisotopic (exact) mass is 274 g/mol. The Morgan fingerprint density at radius 1 is 1.40 bits per heavy atom. The third-order valence-corrected chi connectivity index (χ3v) is 2.15. The van der Waals surface area contributed by atoms with E-state index in [0.717, 1.165) is 0 Å². The van der Waals surface area contributed by atoms with E-state index in [4.69, 9.17) is 11.0 Å². The molecule has 0 fully saturated rings. The fourth-order valence-electron chi connectivity index (χ4n) is 1.21. The molecular formula is C13H14N4O3. The molecule has 20 heavy (non-hydrogen) atoms. The van der Waals surface area contributed by atoms with Crippen LogP contribution in [-0.2, 0) is 9.53 Å². The number of anilines is 2. The number of carbonyl (C=O) groups excluding carboxylic acids is 2. The Balaban J connectivity index is 2.68.